The van der Waals surface area contributed by atoms with Crippen LogP contribution in [-0.2, 0) is 30.6 Å². The summed E-state index contributed by atoms with van der Waals surface area (Å²) in [7, 11) is -5.99. The summed E-state index contributed by atoms with van der Waals surface area (Å²) in [5, 5.41) is 3.45. The number of carbonyl (C=O) groups is 1. The van der Waals surface area contributed by atoms with Gasteiger partial charge < -0.3 is 10.1 Å². The van der Waals surface area contributed by atoms with Crippen LogP contribution in [0.5, 0.6) is 5.75 Å². The largest absolute Gasteiger partial charge is 0.495 e. The molecule has 1 heterocycles. The summed E-state index contributed by atoms with van der Waals surface area (Å²) in [6.07, 6.45) is 0.628. The van der Waals surface area contributed by atoms with Gasteiger partial charge in [0.15, 0.2) is 0 Å². The molecule has 1 aliphatic heterocycles. The van der Waals surface area contributed by atoms with Crippen LogP contribution in [0, 0.1) is 5.92 Å². The van der Waals surface area contributed by atoms with Gasteiger partial charge in [0.1, 0.15) is 5.75 Å². The van der Waals surface area contributed by atoms with E-state index in [2.05, 4.69) is 10.0 Å². The van der Waals surface area contributed by atoms with Gasteiger partial charge in [0, 0.05) is 35.1 Å². The van der Waals surface area contributed by atoms with Crippen LogP contribution in [0.1, 0.15) is 32.3 Å². The van der Waals surface area contributed by atoms with Crippen LogP contribution in [0.2, 0.25) is 10.0 Å². The molecular weight excluding hydrogens is 549 g/mol. The molecule has 0 unspecified atom stereocenters. The third-order valence-electron chi connectivity index (χ3n) is 5.70. The Hall–Kier alpha value is -1.89. The fourth-order valence-electron chi connectivity index (χ4n) is 3.89. The Kier molecular flexibility index (Phi) is 9.29. The maximum absolute atomic E-state index is 13.0. The molecule has 198 valence electrons. The fraction of sp³-hybridized carbons (Fsp3) is 0.435. The lowest BCUT2D eigenvalue weighted by molar-refractivity contribution is -0.120. The normalized spacial score (nSPS) is 15.7. The zero-order valence-corrected chi connectivity index (χ0v) is 23.3. The molecular formula is C23H29Cl2N3O6S2. The number of hydrogen-bond donors (Lipinski definition) is 2. The molecule has 0 aliphatic carbocycles. The number of rotatable bonds is 9. The van der Waals surface area contributed by atoms with Gasteiger partial charge in [-0.2, -0.15) is 0 Å². The number of benzene rings is 2. The summed E-state index contributed by atoms with van der Waals surface area (Å²) in [6.45, 7) is 3.77. The van der Waals surface area contributed by atoms with Gasteiger partial charge in [0.25, 0.3) is 0 Å². The van der Waals surface area contributed by atoms with E-state index in [-0.39, 0.29) is 46.4 Å². The molecule has 0 spiro atoms. The van der Waals surface area contributed by atoms with E-state index >= 15 is 0 Å². The summed E-state index contributed by atoms with van der Waals surface area (Å²) >= 11 is 12.0. The molecule has 0 radical (unpaired) electrons. The third-order valence-corrected chi connectivity index (χ3v) is 9.77. The van der Waals surface area contributed by atoms with Crippen molar-refractivity contribution in [3.05, 3.63) is 52.0 Å². The van der Waals surface area contributed by atoms with E-state index in [0.29, 0.717) is 29.2 Å². The van der Waals surface area contributed by atoms with Crippen molar-refractivity contribution >= 4 is 54.8 Å². The zero-order valence-electron chi connectivity index (χ0n) is 20.1. The number of nitrogens with one attached hydrogen (secondary N) is 2. The molecule has 1 saturated heterocycles. The monoisotopic (exact) mass is 577 g/mol. The van der Waals surface area contributed by atoms with Crippen molar-refractivity contribution in [2.45, 2.75) is 43.4 Å². The summed E-state index contributed by atoms with van der Waals surface area (Å²) in [6, 6.07) is 8.59. The van der Waals surface area contributed by atoms with Gasteiger partial charge in [0.05, 0.1) is 23.4 Å². The second kappa shape index (κ2) is 11.7. The van der Waals surface area contributed by atoms with Crippen molar-refractivity contribution in [2.75, 3.05) is 25.5 Å². The van der Waals surface area contributed by atoms with Crippen molar-refractivity contribution < 1.29 is 26.4 Å². The average molecular weight is 579 g/mol. The Morgan fingerprint density at radius 3 is 2.33 bits per heavy atom. The van der Waals surface area contributed by atoms with Crippen LogP contribution >= 0.6 is 23.2 Å². The molecule has 13 heteroatoms. The lowest BCUT2D eigenvalue weighted by Crippen LogP contribution is -2.42. The number of piperidine rings is 1. The summed E-state index contributed by atoms with van der Waals surface area (Å²) < 4.78 is 60.0. The van der Waals surface area contributed by atoms with Gasteiger partial charge in [-0.25, -0.2) is 25.9 Å². The van der Waals surface area contributed by atoms with Gasteiger partial charge in [-0.1, -0.05) is 29.3 Å². The van der Waals surface area contributed by atoms with Gasteiger partial charge in [-0.05, 0) is 62.6 Å². The number of carbonyl (C=O) groups excluding carboxylic acids is 1. The Labute approximate surface area is 222 Å². The maximum atomic E-state index is 13.0. The summed E-state index contributed by atoms with van der Waals surface area (Å²) in [5.74, 6) is -0.735. The lowest BCUT2D eigenvalue weighted by atomic mass is 9.97. The molecule has 2 N–H and O–H groups in total. The van der Waals surface area contributed by atoms with E-state index < -0.39 is 26.0 Å². The van der Waals surface area contributed by atoms with Gasteiger partial charge in [0.2, 0.25) is 26.0 Å². The molecule has 0 saturated carbocycles. The first-order valence-electron chi connectivity index (χ1n) is 11.3. The predicted octanol–water partition coefficient (Wildman–Crippen LogP) is 3.87. The van der Waals surface area contributed by atoms with Crippen molar-refractivity contribution in [3.63, 3.8) is 0 Å². The highest BCUT2D eigenvalue weighted by molar-refractivity contribution is 7.89. The maximum Gasteiger partial charge on any atom is 0.240 e. The molecule has 0 bridgehead atoms. The Balaban J connectivity index is 1.67. The number of sulfonamides is 2. The van der Waals surface area contributed by atoms with Crippen LogP contribution in [0.25, 0.3) is 0 Å². The minimum Gasteiger partial charge on any atom is -0.495 e. The van der Waals surface area contributed by atoms with Gasteiger partial charge >= 0.3 is 0 Å². The average Bonchev–Trinajstić information content (AvgIpc) is 2.80. The van der Waals surface area contributed by atoms with Crippen LogP contribution < -0.4 is 14.8 Å². The van der Waals surface area contributed by atoms with E-state index in [1.54, 1.807) is 26.0 Å². The first kappa shape index (κ1) is 28.7. The minimum atomic E-state index is -3.77. The van der Waals surface area contributed by atoms with E-state index in [0.717, 1.165) is 0 Å². The van der Waals surface area contributed by atoms with Crippen LogP contribution in [-0.4, -0.2) is 53.3 Å². The van der Waals surface area contributed by atoms with Crippen LogP contribution in [0.15, 0.2) is 41.3 Å². The van der Waals surface area contributed by atoms with E-state index in [1.165, 1.54) is 35.7 Å². The third kappa shape index (κ3) is 7.11. The van der Waals surface area contributed by atoms with E-state index in [4.69, 9.17) is 27.9 Å². The lowest BCUT2D eigenvalue weighted by Gasteiger charge is -2.30. The molecule has 1 amide bonds. The van der Waals surface area contributed by atoms with Crippen molar-refractivity contribution in [1.82, 2.24) is 9.03 Å². The Bertz CT molecular complexity index is 1330. The molecule has 1 fully saturated rings. The second-order valence-electron chi connectivity index (χ2n) is 8.79. The van der Waals surface area contributed by atoms with Crippen LogP contribution in [0.4, 0.5) is 5.69 Å². The van der Waals surface area contributed by atoms with E-state index in [9.17, 15) is 21.6 Å². The molecule has 3 rings (SSSR count). The molecule has 0 aromatic heterocycles. The van der Waals surface area contributed by atoms with Crippen LogP contribution in [0.3, 0.4) is 0 Å². The first-order valence-corrected chi connectivity index (χ1v) is 15.1. The van der Waals surface area contributed by atoms with Crippen molar-refractivity contribution in [3.8, 4) is 5.75 Å². The number of hydrogen-bond acceptors (Lipinski definition) is 6. The Morgan fingerprint density at radius 2 is 1.75 bits per heavy atom. The fourth-order valence-corrected chi connectivity index (χ4v) is 7.31. The number of ether oxygens (including phenoxy) is 1. The number of amides is 1. The smallest absolute Gasteiger partial charge is 0.240 e. The van der Waals surface area contributed by atoms with Gasteiger partial charge in [-0.3, -0.25) is 4.79 Å². The zero-order chi connectivity index (χ0) is 26.7. The highest BCUT2D eigenvalue weighted by atomic mass is 35.5. The van der Waals surface area contributed by atoms with Gasteiger partial charge in [-0.15, -0.1) is 0 Å². The second-order valence-corrected chi connectivity index (χ2v) is 13.3. The quantitative estimate of drug-likeness (QED) is 0.466. The summed E-state index contributed by atoms with van der Waals surface area (Å²) in [5.41, 5.74) is 0.677. The van der Waals surface area contributed by atoms with Crippen molar-refractivity contribution in [1.29, 1.82) is 0 Å². The number of halogens is 2. The minimum absolute atomic E-state index is 0.00549. The highest BCUT2D eigenvalue weighted by Crippen LogP contribution is 2.30. The summed E-state index contributed by atoms with van der Waals surface area (Å²) in [4.78, 5) is 13.0. The predicted molar refractivity (Wildman–Crippen MR) is 140 cm³/mol. The number of methoxy groups -OCH3 is 1. The standard InChI is InChI=1S/C23H29Cl2N3O6S2/c1-15(2)27-36(32,33)19-6-7-22(34-3)21(13-19)26-23(29)16-8-10-28(11-9-16)35(30,31)14-17-4-5-18(24)12-20(17)25/h4-7,12-13,15-16,27H,8-11,14H2,1-3H3,(H,26,29). The Morgan fingerprint density at radius 1 is 1.08 bits per heavy atom. The molecule has 2 aromatic carbocycles. The van der Waals surface area contributed by atoms with Crippen molar-refractivity contribution in [2.24, 2.45) is 5.92 Å². The first-order chi connectivity index (χ1) is 16.8. The molecule has 1 aliphatic rings. The molecule has 0 atom stereocenters. The molecule has 36 heavy (non-hydrogen) atoms. The molecule has 2 aromatic rings. The number of nitrogens with zero attached hydrogens (tertiary/aromatic N) is 1. The molecule has 9 nitrogen and oxygen atoms in total. The highest BCUT2D eigenvalue weighted by Gasteiger charge is 2.32. The number of anilines is 1. The van der Waals surface area contributed by atoms with E-state index in [1.807, 2.05) is 0 Å². The topological polar surface area (TPSA) is 122 Å². The SMILES string of the molecule is COc1ccc(S(=O)(=O)NC(C)C)cc1NC(=O)C1CCN(S(=O)(=O)Cc2ccc(Cl)cc2Cl)CC1.